The van der Waals surface area contributed by atoms with Crippen LogP contribution >= 0.6 is 0 Å². The maximum absolute atomic E-state index is 5.76. The van der Waals surface area contributed by atoms with Gasteiger partial charge in [0.15, 0.2) is 0 Å². The molecule has 1 aromatic carbocycles. The van der Waals surface area contributed by atoms with Crippen LogP contribution in [0.1, 0.15) is 30.7 Å². The Hall–Kier alpha value is -0.820. The van der Waals surface area contributed by atoms with Crippen molar-refractivity contribution in [3.63, 3.8) is 0 Å². The lowest BCUT2D eigenvalue weighted by atomic mass is 9.89. The number of rotatable bonds is 2. The SMILES string of the molecule is NC[C@@H]1CCC[C@@H]1c1ccccc1. The van der Waals surface area contributed by atoms with E-state index in [0.29, 0.717) is 0 Å². The fourth-order valence-corrected chi connectivity index (χ4v) is 2.46. The van der Waals surface area contributed by atoms with Gasteiger partial charge in [-0.1, -0.05) is 36.8 Å². The number of nitrogens with two attached hydrogens (primary N) is 1. The van der Waals surface area contributed by atoms with Crippen LogP contribution in [0.2, 0.25) is 0 Å². The van der Waals surface area contributed by atoms with Gasteiger partial charge in [0.1, 0.15) is 0 Å². The minimum Gasteiger partial charge on any atom is -0.330 e. The molecular weight excluding hydrogens is 158 g/mol. The van der Waals surface area contributed by atoms with Gasteiger partial charge in [0.05, 0.1) is 0 Å². The van der Waals surface area contributed by atoms with E-state index in [1.807, 2.05) is 0 Å². The maximum Gasteiger partial charge on any atom is -0.00430 e. The Morgan fingerprint density at radius 3 is 2.62 bits per heavy atom. The van der Waals surface area contributed by atoms with Crippen LogP contribution in [0.3, 0.4) is 0 Å². The molecule has 1 fully saturated rings. The Bertz CT molecular complexity index is 255. The molecule has 0 aromatic heterocycles. The van der Waals surface area contributed by atoms with Gasteiger partial charge in [-0.05, 0) is 36.8 Å². The summed E-state index contributed by atoms with van der Waals surface area (Å²) in [6.07, 6.45) is 3.99. The first kappa shape index (κ1) is 8.76. The summed E-state index contributed by atoms with van der Waals surface area (Å²) in [5.74, 6) is 1.45. The molecule has 1 aliphatic carbocycles. The fourth-order valence-electron chi connectivity index (χ4n) is 2.46. The third-order valence-electron chi connectivity index (χ3n) is 3.19. The van der Waals surface area contributed by atoms with E-state index in [2.05, 4.69) is 30.3 Å². The second kappa shape index (κ2) is 3.93. The third kappa shape index (κ3) is 1.75. The van der Waals surface area contributed by atoms with Gasteiger partial charge in [0, 0.05) is 0 Å². The summed E-state index contributed by atoms with van der Waals surface area (Å²) in [4.78, 5) is 0. The quantitative estimate of drug-likeness (QED) is 0.734. The van der Waals surface area contributed by atoms with Gasteiger partial charge in [-0.3, -0.25) is 0 Å². The standard InChI is InChI=1S/C12H17N/c13-9-11-7-4-8-12(11)10-5-2-1-3-6-10/h1-3,5-6,11-12H,4,7-9,13H2/t11-,12+/m0/s1. The zero-order valence-corrected chi connectivity index (χ0v) is 7.95. The lowest BCUT2D eigenvalue weighted by molar-refractivity contribution is 0.496. The molecule has 0 radical (unpaired) electrons. The molecule has 0 heterocycles. The molecule has 1 heteroatoms. The van der Waals surface area contributed by atoms with Crippen LogP contribution < -0.4 is 5.73 Å². The first-order chi connectivity index (χ1) is 6.42. The van der Waals surface area contributed by atoms with Gasteiger partial charge in [-0.15, -0.1) is 0 Å². The average molecular weight is 175 g/mol. The smallest absolute Gasteiger partial charge is 0.00430 e. The second-order valence-electron chi connectivity index (χ2n) is 3.94. The summed E-state index contributed by atoms with van der Waals surface area (Å²) < 4.78 is 0. The van der Waals surface area contributed by atoms with E-state index in [9.17, 15) is 0 Å². The molecule has 1 aliphatic rings. The zero-order valence-electron chi connectivity index (χ0n) is 7.95. The maximum atomic E-state index is 5.76. The Kier molecular flexibility index (Phi) is 2.65. The van der Waals surface area contributed by atoms with Crippen molar-refractivity contribution >= 4 is 0 Å². The van der Waals surface area contributed by atoms with Crippen molar-refractivity contribution in [1.29, 1.82) is 0 Å². The first-order valence-electron chi connectivity index (χ1n) is 5.17. The Morgan fingerprint density at radius 2 is 1.92 bits per heavy atom. The third-order valence-corrected chi connectivity index (χ3v) is 3.19. The number of hydrogen-bond acceptors (Lipinski definition) is 1. The number of hydrogen-bond donors (Lipinski definition) is 1. The molecule has 1 saturated carbocycles. The average Bonchev–Trinajstić information content (AvgIpc) is 2.67. The van der Waals surface area contributed by atoms with Crippen LogP contribution in [-0.2, 0) is 0 Å². The molecule has 2 atom stereocenters. The first-order valence-corrected chi connectivity index (χ1v) is 5.17. The predicted octanol–water partition coefficient (Wildman–Crippen LogP) is 2.53. The minimum absolute atomic E-state index is 0.724. The highest BCUT2D eigenvalue weighted by Crippen LogP contribution is 2.38. The van der Waals surface area contributed by atoms with Crippen LogP contribution in [0.25, 0.3) is 0 Å². The van der Waals surface area contributed by atoms with Crippen molar-refractivity contribution in [2.75, 3.05) is 6.54 Å². The Balaban J connectivity index is 2.16. The van der Waals surface area contributed by atoms with Crippen molar-refractivity contribution in [3.8, 4) is 0 Å². The summed E-state index contributed by atoms with van der Waals surface area (Å²) in [5.41, 5.74) is 7.24. The zero-order chi connectivity index (χ0) is 9.10. The molecular formula is C12H17N. The summed E-state index contributed by atoms with van der Waals surface area (Å²) in [6.45, 7) is 0.847. The van der Waals surface area contributed by atoms with Crippen molar-refractivity contribution < 1.29 is 0 Å². The van der Waals surface area contributed by atoms with Crippen LogP contribution in [0.5, 0.6) is 0 Å². The van der Waals surface area contributed by atoms with Gasteiger partial charge in [-0.2, -0.15) is 0 Å². The van der Waals surface area contributed by atoms with E-state index >= 15 is 0 Å². The normalized spacial score (nSPS) is 27.8. The Labute approximate surface area is 80.0 Å². The largest absolute Gasteiger partial charge is 0.330 e. The molecule has 70 valence electrons. The lowest BCUT2D eigenvalue weighted by Crippen LogP contribution is -2.16. The van der Waals surface area contributed by atoms with Crippen LogP contribution in [0.4, 0.5) is 0 Å². The van der Waals surface area contributed by atoms with Crippen LogP contribution in [0, 0.1) is 5.92 Å². The summed E-state index contributed by atoms with van der Waals surface area (Å²) in [5, 5.41) is 0. The highest BCUT2D eigenvalue weighted by atomic mass is 14.6. The molecule has 0 aliphatic heterocycles. The van der Waals surface area contributed by atoms with Crippen molar-refractivity contribution in [2.24, 2.45) is 11.7 Å². The van der Waals surface area contributed by atoms with E-state index in [1.54, 1.807) is 0 Å². The van der Waals surface area contributed by atoms with Crippen molar-refractivity contribution in [2.45, 2.75) is 25.2 Å². The van der Waals surface area contributed by atoms with Gasteiger partial charge in [0.25, 0.3) is 0 Å². The van der Waals surface area contributed by atoms with E-state index < -0.39 is 0 Å². The predicted molar refractivity (Wildman–Crippen MR) is 55.6 cm³/mol. The molecule has 0 bridgehead atoms. The molecule has 2 rings (SSSR count). The topological polar surface area (TPSA) is 26.0 Å². The monoisotopic (exact) mass is 175 g/mol. The van der Waals surface area contributed by atoms with Gasteiger partial charge in [0.2, 0.25) is 0 Å². The van der Waals surface area contributed by atoms with Crippen LogP contribution in [0.15, 0.2) is 30.3 Å². The highest BCUT2D eigenvalue weighted by molar-refractivity contribution is 5.21. The van der Waals surface area contributed by atoms with E-state index in [4.69, 9.17) is 5.73 Å². The van der Waals surface area contributed by atoms with Gasteiger partial charge >= 0.3 is 0 Å². The van der Waals surface area contributed by atoms with Gasteiger partial charge < -0.3 is 5.73 Å². The highest BCUT2D eigenvalue weighted by Gasteiger charge is 2.26. The fraction of sp³-hybridized carbons (Fsp3) is 0.500. The molecule has 1 aromatic rings. The van der Waals surface area contributed by atoms with Crippen molar-refractivity contribution in [3.05, 3.63) is 35.9 Å². The summed E-state index contributed by atoms with van der Waals surface area (Å²) in [7, 11) is 0. The van der Waals surface area contributed by atoms with E-state index in [0.717, 1.165) is 18.4 Å². The summed E-state index contributed by atoms with van der Waals surface area (Å²) in [6, 6.07) is 10.8. The lowest BCUT2D eigenvalue weighted by Gasteiger charge is -2.17. The van der Waals surface area contributed by atoms with Crippen LogP contribution in [-0.4, -0.2) is 6.54 Å². The molecule has 0 saturated heterocycles. The van der Waals surface area contributed by atoms with E-state index in [1.165, 1.54) is 24.8 Å². The molecule has 0 unspecified atom stereocenters. The minimum atomic E-state index is 0.724. The molecule has 0 spiro atoms. The molecule has 13 heavy (non-hydrogen) atoms. The Morgan fingerprint density at radius 1 is 1.15 bits per heavy atom. The molecule has 0 amide bonds. The molecule has 1 nitrogen and oxygen atoms in total. The van der Waals surface area contributed by atoms with E-state index in [-0.39, 0.29) is 0 Å². The van der Waals surface area contributed by atoms with Gasteiger partial charge in [-0.25, -0.2) is 0 Å². The molecule has 2 N–H and O–H groups in total. The van der Waals surface area contributed by atoms with Crippen molar-refractivity contribution in [1.82, 2.24) is 0 Å². The second-order valence-corrected chi connectivity index (χ2v) is 3.94. The number of benzene rings is 1. The summed E-state index contributed by atoms with van der Waals surface area (Å²) >= 11 is 0.